The van der Waals surface area contributed by atoms with Crippen molar-refractivity contribution < 1.29 is 4.92 Å². The van der Waals surface area contributed by atoms with Crippen LogP contribution in [0.4, 0.5) is 5.69 Å². The van der Waals surface area contributed by atoms with Gasteiger partial charge >= 0.3 is 0 Å². The molecule has 1 aromatic heterocycles. The Morgan fingerprint density at radius 1 is 0.710 bits per heavy atom. The van der Waals surface area contributed by atoms with Crippen LogP contribution in [0.15, 0.2) is 78.9 Å². The van der Waals surface area contributed by atoms with Gasteiger partial charge in [0.1, 0.15) is 0 Å². The summed E-state index contributed by atoms with van der Waals surface area (Å²) < 4.78 is 0. The van der Waals surface area contributed by atoms with Crippen LogP contribution in [0.2, 0.25) is 0 Å². The van der Waals surface area contributed by atoms with Crippen LogP contribution in [-0.4, -0.2) is 14.9 Å². The minimum absolute atomic E-state index is 0.000336. The van der Waals surface area contributed by atoms with E-state index in [0.717, 1.165) is 27.9 Å². The number of aromatic nitrogens is 2. The Morgan fingerprint density at radius 3 is 1.65 bits per heavy atom. The molecule has 0 aliphatic rings. The van der Waals surface area contributed by atoms with Gasteiger partial charge in [0.15, 0.2) is 0 Å². The first-order chi connectivity index (χ1) is 15.1. The van der Waals surface area contributed by atoms with Gasteiger partial charge in [0.25, 0.3) is 5.69 Å². The highest BCUT2D eigenvalue weighted by molar-refractivity contribution is 5.87. The fraction of sp³-hybridized carbons (Fsp3) is 0.0769. The molecule has 0 saturated heterocycles. The van der Waals surface area contributed by atoms with Crippen molar-refractivity contribution in [2.75, 3.05) is 0 Å². The average molecular weight is 407 g/mol. The van der Waals surface area contributed by atoms with Crippen LogP contribution in [0.3, 0.4) is 0 Å². The minimum atomic E-state index is -0.416. The maximum absolute atomic E-state index is 11.2. The fourth-order valence-corrected chi connectivity index (χ4v) is 3.45. The summed E-state index contributed by atoms with van der Waals surface area (Å²) >= 11 is 0. The second-order valence-corrected chi connectivity index (χ2v) is 7.09. The molecule has 0 amide bonds. The number of benzene rings is 3. The molecule has 0 spiro atoms. The van der Waals surface area contributed by atoms with Crippen molar-refractivity contribution in [3.63, 3.8) is 0 Å². The highest BCUT2D eigenvalue weighted by atomic mass is 16.6. The lowest BCUT2D eigenvalue weighted by Crippen LogP contribution is -1.97. The van der Waals surface area contributed by atoms with E-state index in [1.807, 2.05) is 86.7 Å². The zero-order valence-corrected chi connectivity index (χ0v) is 17.3. The van der Waals surface area contributed by atoms with E-state index in [1.165, 1.54) is 12.1 Å². The molecule has 0 atom stereocenters. The molecule has 1 heterocycles. The number of hydrogen-bond donors (Lipinski definition) is 0. The number of nitro groups is 1. The third-order valence-corrected chi connectivity index (χ3v) is 4.95. The van der Waals surface area contributed by atoms with Crippen LogP contribution >= 0.6 is 0 Å². The molecule has 0 fully saturated rings. The summed E-state index contributed by atoms with van der Waals surface area (Å²) in [5.41, 5.74) is 6.59. The molecule has 5 heteroatoms. The normalized spacial score (nSPS) is 11.5. The standard InChI is InChI=1S/C26H21N3O2/c1-3-5-18-7-11-20(12-8-18)25-26(21-13-9-19(6-4-2)10-14-21)28-24-17-22(29(30)31)15-16-23(24)27-25/h3-17H,1-2H3/b5-3+,6-4+. The largest absolute Gasteiger partial charge is 0.271 e. The van der Waals surface area contributed by atoms with Gasteiger partial charge in [0.2, 0.25) is 0 Å². The Kier molecular flexibility index (Phi) is 5.67. The van der Waals surface area contributed by atoms with Crippen molar-refractivity contribution in [1.29, 1.82) is 0 Å². The van der Waals surface area contributed by atoms with E-state index in [1.54, 1.807) is 6.07 Å². The van der Waals surface area contributed by atoms with E-state index in [0.29, 0.717) is 16.7 Å². The van der Waals surface area contributed by atoms with Crippen molar-refractivity contribution in [2.24, 2.45) is 0 Å². The molecule has 5 nitrogen and oxygen atoms in total. The van der Waals surface area contributed by atoms with Crippen LogP contribution in [0, 0.1) is 10.1 Å². The Labute approximate surface area is 180 Å². The van der Waals surface area contributed by atoms with Gasteiger partial charge in [-0.25, -0.2) is 9.97 Å². The molecule has 0 aliphatic heterocycles. The average Bonchev–Trinajstić information content (AvgIpc) is 2.79. The van der Waals surface area contributed by atoms with Crippen molar-refractivity contribution in [3.05, 3.63) is 100 Å². The van der Waals surface area contributed by atoms with Gasteiger partial charge in [-0.15, -0.1) is 0 Å². The highest BCUT2D eigenvalue weighted by Gasteiger charge is 2.15. The van der Waals surface area contributed by atoms with Crippen LogP contribution < -0.4 is 0 Å². The maximum Gasteiger partial charge on any atom is 0.271 e. The molecule has 3 aromatic carbocycles. The SMILES string of the molecule is C/C=C/c1ccc(-c2nc3ccc([N+](=O)[O-])cc3nc2-c2ccc(/C=C/C)cc2)cc1. The molecule has 31 heavy (non-hydrogen) atoms. The van der Waals surface area contributed by atoms with Crippen molar-refractivity contribution in [2.45, 2.75) is 13.8 Å². The van der Waals surface area contributed by atoms with E-state index in [-0.39, 0.29) is 5.69 Å². The zero-order valence-electron chi connectivity index (χ0n) is 17.3. The molecular weight excluding hydrogens is 386 g/mol. The topological polar surface area (TPSA) is 68.9 Å². The Hall–Kier alpha value is -4.12. The van der Waals surface area contributed by atoms with Crippen molar-refractivity contribution in [1.82, 2.24) is 9.97 Å². The molecular formula is C26H21N3O2. The molecule has 0 unspecified atom stereocenters. The van der Waals surface area contributed by atoms with E-state index in [4.69, 9.17) is 9.97 Å². The number of fused-ring (bicyclic) bond motifs is 1. The number of rotatable bonds is 5. The predicted molar refractivity (Wildman–Crippen MR) is 126 cm³/mol. The van der Waals surface area contributed by atoms with Crippen LogP contribution in [-0.2, 0) is 0 Å². The molecule has 4 aromatic rings. The van der Waals surface area contributed by atoms with E-state index in [2.05, 4.69) is 0 Å². The third kappa shape index (κ3) is 4.26. The summed E-state index contributed by atoms with van der Waals surface area (Å²) in [6.45, 7) is 3.96. The first kappa shape index (κ1) is 20.2. The summed E-state index contributed by atoms with van der Waals surface area (Å²) in [6, 6.07) is 20.7. The van der Waals surface area contributed by atoms with E-state index >= 15 is 0 Å². The number of hydrogen-bond acceptors (Lipinski definition) is 4. The molecule has 0 radical (unpaired) electrons. The summed E-state index contributed by atoms with van der Waals surface area (Å²) in [6.07, 6.45) is 8.05. The second kappa shape index (κ2) is 8.71. The third-order valence-electron chi connectivity index (χ3n) is 4.95. The predicted octanol–water partition coefficient (Wildman–Crippen LogP) is 6.94. The summed E-state index contributed by atoms with van der Waals surface area (Å²) in [7, 11) is 0. The number of nitrogens with zero attached hydrogens (tertiary/aromatic N) is 3. The van der Waals surface area contributed by atoms with Gasteiger partial charge in [-0.2, -0.15) is 0 Å². The summed E-state index contributed by atoms with van der Waals surface area (Å²) in [4.78, 5) is 20.4. The first-order valence-corrected chi connectivity index (χ1v) is 10.0. The molecule has 0 N–H and O–H groups in total. The van der Waals surface area contributed by atoms with Crippen LogP contribution in [0.1, 0.15) is 25.0 Å². The monoisotopic (exact) mass is 407 g/mol. The van der Waals surface area contributed by atoms with Crippen LogP contribution in [0.5, 0.6) is 0 Å². The smallest absolute Gasteiger partial charge is 0.258 e. The van der Waals surface area contributed by atoms with Crippen molar-refractivity contribution in [3.8, 4) is 22.5 Å². The lowest BCUT2D eigenvalue weighted by Gasteiger charge is -2.11. The highest BCUT2D eigenvalue weighted by Crippen LogP contribution is 2.32. The van der Waals surface area contributed by atoms with Gasteiger partial charge in [0, 0.05) is 23.3 Å². The first-order valence-electron chi connectivity index (χ1n) is 10.0. The Bertz CT molecular complexity index is 1310. The fourth-order valence-electron chi connectivity index (χ4n) is 3.45. The Balaban J connectivity index is 1.92. The molecule has 0 bridgehead atoms. The maximum atomic E-state index is 11.2. The zero-order chi connectivity index (χ0) is 21.8. The lowest BCUT2D eigenvalue weighted by atomic mass is 10.0. The van der Waals surface area contributed by atoms with E-state index < -0.39 is 4.92 Å². The molecule has 0 aliphatic carbocycles. The van der Waals surface area contributed by atoms with Crippen molar-refractivity contribution >= 4 is 28.9 Å². The van der Waals surface area contributed by atoms with Crippen LogP contribution in [0.25, 0.3) is 45.7 Å². The molecule has 4 rings (SSSR count). The van der Waals surface area contributed by atoms with E-state index in [9.17, 15) is 10.1 Å². The van der Waals surface area contributed by atoms with Gasteiger partial charge < -0.3 is 0 Å². The molecule has 152 valence electrons. The minimum Gasteiger partial charge on any atom is -0.258 e. The Morgan fingerprint density at radius 2 is 1.19 bits per heavy atom. The molecule has 0 saturated carbocycles. The number of allylic oxidation sites excluding steroid dienone is 2. The number of nitro benzene ring substituents is 1. The number of non-ortho nitro benzene ring substituents is 1. The summed E-state index contributed by atoms with van der Waals surface area (Å²) in [5, 5.41) is 11.2. The summed E-state index contributed by atoms with van der Waals surface area (Å²) in [5.74, 6) is 0. The second-order valence-electron chi connectivity index (χ2n) is 7.09. The van der Waals surface area contributed by atoms with Gasteiger partial charge in [-0.3, -0.25) is 10.1 Å². The van der Waals surface area contributed by atoms with Gasteiger partial charge in [-0.05, 0) is 31.0 Å². The van der Waals surface area contributed by atoms with Gasteiger partial charge in [-0.1, -0.05) is 72.8 Å². The van der Waals surface area contributed by atoms with Gasteiger partial charge in [0.05, 0.1) is 27.3 Å². The quantitative estimate of drug-likeness (QED) is 0.265. The lowest BCUT2D eigenvalue weighted by molar-refractivity contribution is -0.384.